The summed E-state index contributed by atoms with van der Waals surface area (Å²) in [4.78, 5) is 4.02. The highest BCUT2D eigenvalue weighted by molar-refractivity contribution is 8.13. The van der Waals surface area contributed by atoms with Crippen LogP contribution < -0.4 is 0 Å². The van der Waals surface area contributed by atoms with E-state index in [1.165, 1.54) is 12.3 Å². The highest BCUT2D eigenvalue weighted by Crippen LogP contribution is 2.22. The molecular weight excluding hydrogens is 338 g/mol. The van der Waals surface area contributed by atoms with Gasteiger partial charge in [0.1, 0.15) is 11.6 Å². The maximum atomic E-state index is 13.8. The van der Waals surface area contributed by atoms with E-state index in [4.69, 9.17) is 22.3 Å². The van der Waals surface area contributed by atoms with Gasteiger partial charge in [0.15, 0.2) is 5.03 Å². The molecule has 8 heteroatoms. The lowest BCUT2D eigenvalue weighted by atomic mass is 10.2. The van der Waals surface area contributed by atoms with Gasteiger partial charge in [0, 0.05) is 33.4 Å². The molecule has 0 bridgehead atoms. The molecule has 0 amide bonds. The topological polar surface area (TPSA) is 52.0 Å². The summed E-state index contributed by atoms with van der Waals surface area (Å²) in [6.07, 6.45) is 1.31. The van der Waals surface area contributed by atoms with E-state index in [2.05, 4.69) is 4.98 Å². The van der Waals surface area contributed by atoms with Crippen LogP contribution in [0.3, 0.4) is 0 Å². The molecule has 1 aromatic carbocycles. The second-order valence-corrected chi connectivity index (χ2v) is 7.84. The number of imidazole rings is 1. The largest absolute Gasteiger partial charge is 0.329 e. The molecule has 1 heterocycles. The van der Waals surface area contributed by atoms with Gasteiger partial charge in [-0.1, -0.05) is 31.5 Å². The van der Waals surface area contributed by atoms with Gasteiger partial charge in [-0.3, -0.25) is 0 Å². The monoisotopic (exact) mass is 350 g/mol. The first-order valence-electron chi connectivity index (χ1n) is 6.14. The molecule has 0 aliphatic heterocycles. The molecule has 0 saturated heterocycles. The minimum atomic E-state index is -3.92. The molecule has 2 rings (SSSR count). The third-order valence-corrected chi connectivity index (χ3v) is 4.31. The standard InChI is InChI=1S/C13H13Cl2FN2O2S/c1-8(2)13-17-12(21(15,19)20)7-18(13)6-9-3-4-10(14)5-11(9)16/h3-5,7-8H,6H2,1-2H3. The summed E-state index contributed by atoms with van der Waals surface area (Å²) in [7, 11) is 1.39. The predicted molar refractivity (Wildman–Crippen MR) is 79.9 cm³/mol. The first kappa shape index (κ1) is 16.3. The zero-order chi connectivity index (χ0) is 15.8. The summed E-state index contributed by atoms with van der Waals surface area (Å²) in [5.41, 5.74) is 0.386. The van der Waals surface area contributed by atoms with Gasteiger partial charge in [0.05, 0.1) is 6.54 Å². The first-order chi connectivity index (χ1) is 9.68. The van der Waals surface area contributed by atoms with Gasteiger partial charge in [0.25, 0.3) is 9.05 Å². The molecule has 0 unspecified atom stereocenters. The molecule has 0 N–H and O–H groups in total. The van der Waals surface area contributed by atoms with Crippen molar-refractivity contribution in [1.29, 1.82) is 0 Å². The zero-order valence-electron chi connectivity index (χ0n) is 11.3. The number of hydrogen-bond donors (Lipinski definition) is 0. The summed E-state index contributed by atoms with van der Waals surface area (Å²) in [6.45, 7) is 3.87. The zero-order valence-corrected chi connectivity index (χ0v) is 13.7. The average Bonchev–Trinajstić information content (AvgIpc) is 2.76. The molecule has 0 saturated carbocycles. The van der Waals surface area contributed by atoms with Crippen LogP contribution in [0.2, 0.25) is 5.02 Å². The Labute approximate surface area is 131 Å². The maximum absolute atomic E-state index is 13.8. The van der Waals surface area contributed by atoms with Crippen molar-refractivity contribution >= 4 is 31.3 Å². The first-order valence-corrected chi connectivity index (χ1v) is 8.83. The van der Waals surface area contributed by atoms with Crippen molar-refractivity contribution in [3.8, 4) is 0 Å². The predicted octanol–water partition coefficient (Wildman–Crippen LogP) is 3.77. The lowest BCUT2D eigenvalue weighted by Crippen LogP contribution is -2.07. The van der Waals surface area contributed by atoms with Crippen molar-refractivity contribution in [3.05, 3.63) is 46.6 Å². The smallest absolute Gasteiger partial charge is 0.280 e. The van der Waals surface area contributed by atoms with Gasteiger partial charge >= 0.3 is 0 Å². The van der Waals surface area contributed by atoms with Gasteiger partial charge in [-0.15, -0.1) is 0 Å². The van der Waals surface area contributed by atoms with Crippen LogP contribution in [0.15, 0.2) is 29.4 Å². The van der Waals surface area contributed by atoms with E-state index < -0.39 is 14.9 Å². The number of benzene rings is 1. The molecule has 0 aliphatic carbocycles. The molecule has 0 spiro atoms. The Bertz CT molecular complexity index is 772. The Hall–Kier alpha value is -1.11. The van der Waals surface area contributed by atoms with Crippen molar-refractivity contribution < 1.29 is 12.8 Å². The quantitative estimate of drug-likeness (QED) is 0.788. The number of halogens is 3. The van der Waals surface area contributed by atoms with Crippen molar-refractivity contribution in [2.75, 3.05) is 0 Å². The second-order valence-electron chi connectivity index (χ2n) is 4.89. The number of hydrogen-bond acceptors (Lipinski definition) is 3. The van der Waals surface area contributed by atoms with E-state index in [1.54, 1.807) is 16.7 Å². The van der Waals surface area contributed by atoms with Gasteiger partial charge in [-0.25, -0.2) is 17.8 Å². The molecule has 1 aromatic heterocycles. The lowest BCUT2D eigenvalue weighted by molar-refractivity contribution is 0.588. The van der Waals surface area contributed by atoms with E-state index in [0.29, 0.717) is 16.4 Å². The lowest BCUT2D eigenvalue weighted by Gasteiger charge is -2.10. The molecule has 0 radical (unpaired) electrons. The highest BCUT2D eigenvalue weighted by Gasteiger charge is 2.20. The van der Waals surface area contributed by atoms with Crippen LogP contribution in [0.4, 0.5) is 4.39 Å². The highest BCUT2D eigenvalue weighted by atomic mass is 35.7. The van der Waals surface area contributed by atoms with Gasteiger partial charge in [-0.2, -0.15) is 0 Å². The number of rotatable bonds is 4. The molecule has 21 heavy (non-hydrogen) atoms. The fourth-order valence-corrected chi connectivity index (χ4v) is 2.78. The van der Waals surface area contributed by atoms with Crippen LogP contribution in [-0.2, 0) is 15.6 Å². The van der Waals surface area contributed by atoms with Crippen molar-refractivity contribution in [1.82, 2.24) is 9.55 Å². The van der Waals surface area contributed by atoms with Crippen LogP contribution in [0, 0.1) is 5.82 Å². The van der Waals surface area contributed by atoms with Crippen LogP contribution in [0.25, 0.3) is 0 Å². The maximum Gasteiger partial charge on any atom is 0.280 e. The van der Waals surface area contributed by atoms with E-state index >= 15 is 0 Å². The fraction of sp³-hybridized carbons (Fsp3) is 0.308. The van der Waals surface area contributed by atoms with E-state index in [9.17, 15) is 12.8 Å². The minimum absolute atomic E-state index is 0.0347. The number of nitrogens with zero attached hydrogens (tertiary/aromatic N) is 2. The second kappa shape index (κ2) is 5.94. The van der Waals surface area contributed by atoms with Gasteiger partial charge in [0.2, 0.25) is 0 Å². The Morgan fingerprint density at radius 1 is 1.38 bits per heavy atom. The SMILES string of the molecule is CC(C)c1nc(S(=O)(=O)Cl)cn1Cc1ccc(Cl)cc1F. The van der Waals surface area contributed by atoms with Gasteiger partial charge < -0.3 is 4.57 Å². The summed E-state index contributed by atoms with van der Waals surface area (Å²) in [6, 6.07) is 4.34. The van der Waals surface area contributed by atoms with Crippen molar-refractivity contribution in [2.24, 2.45) is 0 Å². The van der Waals surface area contributed by atoms with Crippen LogP contribution in [0.1, 0.15) is 31.2 Å². The molecular formula is C13H13Cl2FN2O2S. The Balaban J connectivity index is 2.45. The molecule has 2 aromatic rings. The molecule has 114 valence electrons. The van der Waals surface area contributed by atoms with E-state index in [1.807, 2.05) is 13.8 Å². The summed E-state index contributed by atoms with van der Waals surface area (Å²) >= 11 is 5.71. The summed E-state index contributed by atoms with van der Waals surface area (Å²) < 4.78 is 38.2. The van der Waals surface area contributed by atoms with Crippen LogP contribution in [0.5, 0.6) is 0 Å². The normalized spacial score (nSPS) is 12.1. The van der Waals surface area contributed by atoms with Crippen LogP contribution in [-0.4, -0.2) is 18.0 Å². The molecule has 0 atom stereocenters. The van der Waals surface area contributed by atoms with E-state index in [0.717, 1.165) is 0 Å². The summed E-state index contributed by atoms with van der Waals surface area (Å²) in [5.74, 6) is 0.0253. The van der Waals surface area contributed by atoms with Crippen LogP contribution >= 0.6 is 22.3 Å². The summed E-state index contributed by atoms with van der Waals surface area (Å²) in [5, 5.41) is 0.0669. The molecule has 4 nitrogen and oxygen atoms in total. The van der Waals surface area contributed by atoms with Gasteiger partial charge in [-0.05, 0) is 12.1 Å². The fourth-order valence-electron chi connectivity index (χ4n) is 1.94. The van der Waals surface area contributed by atoms with E-state index in [-0.39, 0.29) is 17.5 Å². The minimum Gasteiger partial charge on any atom is -0.329 e. The Kier molecular flexibility index (Phi) is 4.60. The molecule has 0 fully saturated rings. The Morgan fingerprint density at radius 3 is 2.57 bits per heavy atom. The average molecular weight is 351 g/mol. The number of aromatic nitrogens is 2. The van der Waals surface area contributed by atoms with Crippen molar-refractivity contribution in [3.63, 3.8) is 0 Å². The Morgan fingerprint density at radius 2 is 2.05 bits per heavy atom. The third-order valence-electron chi connectivity index (χ3n) is 2.91. The third kappa shape index (κ3) is 3.75. The van der Waals surface area contributed by atoms with Crippen molar-refractivity contribution in [2.45, 2.75) is 31.3 Å². The molecule has 0 aliphatic rings.